The highest BCUT2D eigenvalue weighted by molar-refractivity contribution is 5.81. The summed E-state index contributed by atoms with van der Waals surface area (Å²) in [7, 11) is 0. The molecule has 1 aliphatic rings. The molecule has 5 rings (SSSR count). The molecule has 0 spiro atoms. The molecule has 0 bridgehead atoms. The fourth-order valence-corrected chi connectivity index (χ4v) is 3.82. The van der Waals surface area contributed by atoms with E-state index in [0.29, 0.717) is 35.9 Å². The number of carbonyl (C=O) groups excluding carboxylic acids is 1. The number of nitrogens with one attached hydrogen (secondary N) is 1. The molecule has 9 heteroatoms. The number of para-hydroxylation sites is 1. The standard InChI is InChI=1S/C23H22FN7O/c24-19-9-5-4-8-18(19)23-27-26-21-11-10-20(28-31(21)23)25-16-22(32)30-14-12-29(13-15-30)17-6-2-1-3-7-17/h1-11H,12-16H2,(H,25,28). The molecule has 1 saturated heterocycles. The van der Waals surface area contributed by atoms with Gasteiger partial charge in [-0.25, -0.2) is 4.39 Å². The van der Waals surface area contributed by atoms with E-state index < -0.39 is 5.82 Å². The summed E-state index contributed by atoms with van der Waals surface area (Å²) in [6, 6.07) is 20.0. The molecule has 0 atom stereocenters. The van der Waals surface area contributed by atoms with E-state index in [1.807, 2.05) is 23.1 Å². The lowest BCUT2D eigenvalue weighted by Gasteiger charge is -2.36. The van der Waals surface area contributed by atoms with Gasteiger partial charge in [0.1, 0.15) is 11.6 Å². The Morgan fingerprint density at radius 1 is 0.906 bits per heavy atom. The highest BCUT2D eigenvalue weighted by Crippen LogP contribution is 2.21. The van der Waals surface area contributed by atoms with Crippen LogP contribution in [0.4, 0.5) is 15.9 Å². The van der Waals surface area contributed by atoms with Gasteiger partial charge in [-0.1, -0.05) is 30.3 Å². The molecule has 32 heavy (non-hydrogen) atoms. The summed E-state index contributed by atoms with van der Waals surface area (Å²) in [6.07, 6.45) is 0. The van der Waals surface area contributed by atoms with E-state index in [9.17, 15) is 9.18 Å². The van der Waals surface area contributed by atoms with E-state index in [4.69, 9.17) is 0 Å². The van der Waals surface area contributed by atoms with Gasteiger partial charge in [-0.15, -0.1) is 15.3 Å². The van der Waals surface area contributed by atoms with E-state index in [0.717, 1.165) is 13.1 Å². The lowest BCUT2D eigenvalue weighted by molar-refractivity contribution is -0.129. The molecule has 8 nitrogen and oxygen atoms in total. The van der Waals surface area contributed by atoms with Gasteiger partial charge in [0.2, 0.25) is 5.91 Å². The summed E-state index contributed by atoms with van der Waals surface area (Å²) >= 11 is 0. The maximum atomic E-state index is 14.2. The van der Waals surface area contributed by atoms with Gasteiger partial charge < -0.3 is 15.1 Å². The molecule has 2 aromatic heterocycles. The number of benzene rings is 2. The summed E-state index contributed by atoms with van der Waals surface area (Å²) in [5.41, 5.74) is 1.99. The number of anilines is 2. The fourth-order valence-electron chi connectivity index (χ4n) is 3.82. The Hall–Kier alpha value is -4.01. The number of hydrogen-bond donors (Lipinski definition) is 1. The summed E-state index contributed by atoms with van der Waals surface area (Å²) in [5.74, 6) is 0.417. The topological polar surface area (TPSA) is 78.7 Å². The minimum atomic E-state index is -0.396. The molecule has 0 unspecified atom stereocenters. The Balaban J connectivity index is 1.23. The van der Waals surface area contributed by atoms with Crippen LogP contribution in [0.2, 0.25) is 0 Å². The number of halogens is 1. The number of amides is 1. The third-order valence-electron chi connectivity index (χ3n) is 5.55. The minimum absolute atomic E-state index is 0.0118. The van der Waals surface area contributed by atoms with Gasteiger partial charge in [0, 0.05) is 31.9 Å². The molecule has 2 aromatic carbocycles. The van der Waals surface area contributed by atoms with Crippen molar-refractivity contribution in [3.8, 4) is 11.4 Å². The average Bonchev–Trinajstić information content (AvgIpc) is 3.26. The Bertz CT molecular complexity index is 1240. The highest BCUT2D eigenvalue weighted by atomic mass is 19.1. The fraction of sp³-hybridized carbons (Fsp3) is 0.217. The van der Waals surface area contributed by atoms with Crippen molar-refractivity contribution in [3.05, 3.63) is 72.5 Å². The Labute approximate surface area is 184 Å². The summed E-state index contributed by atoms with van der Waals surface area (Å²) < 4.78 is 15.7. The average molecular weight is 431 g/mol. The summed E-state index contributed by atoms with van der Waals surface area (Å²) in [4.78, 5) is 16.8. The molecule has 1 aliphatic heterocycles. The van der Waals surface area contributed by atoms with Crippen LogP contribution in [-0.2, 0) is 4.79 Å². The number of fused-ring (bicyclic) bond motifs is 1. The Morgan fingerprint density at radius 3 is 2.44 bits per heavy atom. The molecule has 1 amide bonds. The first-order chi connectivity index (χ1) is 15.7. The number of piperazine rings is 1. The smallest absolute Gasteiger partial charge is 0.242 e. The van der Waals surface area contributed by atoms with E-state index >= 15 is 0 Å². The van der Waals surface area contributed by atoms with Gasteiger partial charge >= 0.3 is 0 Å². The van der Waals surface area contributed by atoms with Gasteiger partial charge in [0.05, 0.1) is 12.1 Å². The van der Waals surface area contributed by atoms with Crippen molar-refractivity contribution in [1.82, 2.24) is 24.7 Å². The predicted octanol–water partition coefficient (Wildman–Crippen LogP) is 2.69. The van der Waals surface area contributed by atoms with Crippen LogP contribution in [0.1, 0.15) is 0 Å². The van der Waals surface area contributed by atoms with Crippen molar-refractivity contribution in [2.45, 2.75) is 0 Å². The first kappa shape index (κ1) is 19.9. The third kappa shape index (κ3) is 3.96. The molecule has 162 valence electrons. The monoisotopic (exact) mass is 431 g/mol. The number of carbonyl (C=O) groups is 1. The van der Waals surface area contributed by atoms with E-state index in [-0.39, 0.29) is 12.5 Å². The van der Waals surface area contributed by atoms with Crippen LogP contribution in [0.5, 0.6) is 0 Å². The van der Waals surface area contributed by atoms with Crippen LogP contribution >= 0.6 is 0 Å². The van der Waals surface area contributed by atoms with Gasteiger partial charge in [0.15, 0.2) is 11.5 Å². The number of hydrogen-bond acceptors (Lipinski definition) is 6. The summed E-state index contributed by atoms with van der Waals surface area (Å²) in [6.45, 7) is 3.07. The maximum Gasteiger partial charge on any atom is 0.242 e. The molecule has 0 radical (unpaired) electrons. The van der Waals surface area contributed by atoms with E-state index in [1.165, 1.54) is 16.3 Å². The zero-order valence-corrected chi connectivity index (χ0v) is 17.4. The molecule has 1 fully saturated rings. The molecular weight excluding hydrogens is 409 g/mol. The van der Waals surface area contributed by atoms with Gasteiger partial charge in [-0.3, -0.25) is 4.79 Å². The first-order valence-corrected chi connectivity index (χ1v) is 10.5. The Kier molecular flexibility index (Phi) is 5.37. The van der Waals surface area contributed by atoms with Crippen LogP contribution in [-0.4, -0.2) is 63.3 Å². The number of rotatable bonds is 5. The van der Waals surface area contributed by atoms with E-state index in [1.54, 1.807) is 30.3 Å². The quantitative estimate of drug-likeness (QED) is 0.524. The van der Waals surface area contributed by atoms with Gasteiger partial charge in [-0.05, 0) is 36.4 Å². The maximum absolute atomic E-state index is 14.2. The highest BCUT2D eigenvalue weighted by Gasteiger charge is 2.21. The number of aromatic nitrogens is 4. The van der Waals surface area contributed by atoms with Crippen LogP contribution in [0.3, 0.4) is 0 Å². The zero-order chi connectivity index (χ0) is 21.9. The second kappa shape index (κ2) is 8.62. The molecule has 4 aromatic rings. The first-order valence-electron chi connectivity index (χ1n) is 10.5. The normalized spacial score (nSPS) is 14.0. The predicted molar refractivity (Wildman–Crippen MR) is 120 cm³/mol. The van der Waals surface area contributed by atoms with Crippen molar-refractivity contribution in [1.29, 1.82) is 0 Å². The van der Waals surface area contributed by atoms with Crippen LogP contribution in [0, 0.1) is 5.82 Å². The summed E-state index contributed by atoms with van der Waals surface area (Å²) in [5, 5.41) is 15.7. The van der Waals surface area contributed by atoms with E-state index in [2.05, 4.69) is 37.6 Å². The van der Waals surface area contributed by atoms with Crippen molar-refractivity contribution in [2.75, 3.05) is 42.9 Å². The van der Waals surface area contributed by atoms with Crippen LogP contribution in [0.25, 0.3) is 17.0 Å². The largest absolute Gasteiger partial charge is 0.368 e. The lowest BCUT2D eigenvalue weighted by Crippen LogP contribution is -2.50. The molecular formula is C23H22FN7O. The van der Waals surface area contributed by atoms with Crippen LogP contribution in [0.15, 0.2) is 66.7 Å². The second-order valence-corrected chi connectivity index (χ2v) is 7.55. The zero-order valence-electron chi connectivity index (χ0n) is 17.4. The van der Waals surface area contributed by atoms with Crippen molar-refractivity contribution in [3.63, 3.8) is 0 Å². The van der Waals surface area contributed by atoms with Gasteiger partial charge in [0.25, 0.3) is 0 Å². The van der Waals surface area contributed by atoms with Crippen LogP contribution < -0.4 is 10.2 Å². The SMILES string of the molecule is O=C(CNc1ccc2nnc(-c3ccccc3F)n2n1)N1CCN(c2ccccc2)CC1. The molecule has 0 aliphatic carbocycles. The third-order valence-corrected chi connectivity index (χ3v) is 5.55. The number of nitrogens with zero attached hydrogens (tertiary/aromatic N) is 6. The second-order valence-electron chi connectivity index (χ2n) is 7.55. The van der Waals surface area contributed by atoms with Crippen molar-refractivity contribution in [2.24, 2.45) is 0 Å². The lowest BCUT2D eigenvalue weighted by atomic mass is 10.2. The minimum Gasteiger partial charge on any atom is -0.368 e. The molecule has 3 heterocycles. The molecule has 1 N–H and O–H groups in total. The Morgan fingerprint density at radius 2 is 1.66 bits per heavy atom. The van der Waals surface area contributed by atoms with Crippen molar-refractivity contribution < 1.29 is 9.18 Å². The van der Waals surface area contributed by atoms with Crippen molar-refractivity contribution >= 4 is 23.1 Å². The molecule has 0 saturated carbocycles. The van der Waals surface area contributed by atoms with Gasteiger partial charge in [-0.2, -0.15) is 4.52 Å².